The molecule has 3 aromatic rings. The summed E-state index contributed by atoms with van der Waals surface area (Å²) in [6, 6.07) is 3.91. The second kappa shape index (κ2) is 5.90. The Bertz CT molecular complexity index is 696. The normalized spacial score (nSPS) is 10.5. The Morgan fingerprint density at radius 2 is 2.14 bits per heavy atom. The molecule has 9 heteroatoms. The van der Waals surface area contributed by atoms with Crippen LogP contribution in [0.1, 0.15) is 5.56 Å². The lowest BCUT2D eigenvalue weighted by Gasteiger charge is -2.06. The van der Waals surface area contributed by atoms with Gasteiger partial charge in [0.05, 0.1) is 0 Å². The largest absolute Gasteiger partial charge is 0.368 e. The van der Waals surface area contributed by atoms with E-state index in [4.69, 9.17) is 5.73 Å². The maximum absolute atomic E-state index is 5.67. The first kappa shape index (κ1) is 12.9. The van der Waals surface area contributed by atoms with Gasteiger partial charge in [0.2, 0.25) is 11.9 Å². The lowest BCUT2D eigenvalue weighted by atomic mass is 10.2. The molecule has 0 unspecified atom stereocenters. The molecule has 3 aromatic heterocycles. The first-order valence-electron chi connectivity index (χ1n) is 6.30. The van der Waals surface area contributed by atoms with Crippen LogP contribution in [0.25, 0.3) is 5.95 Å². The lowest BCUT2D eigenvalue weighted by Crippen LogP contribution is -2.13. The van der Waals surface area contributed by atoms with Crippen LogP contribution < -0.4 is 11.1 Å². The van der Waals surface area contributed by atoms with Crippen molar-refractivity contribution >= 4 is 11.9 Å². The van der Waals surface area contributed by atoms with Crippen LogP contribution in [0, 0.1) is 0 Å². The maximum Gasteiger partial charge on any atom is 0.258 e. The van der Waals surface area contributed by atoms with E-state index in [1.54, 1.807) is 6.20 Å². The Hall–Kier alpha value is -3.10. The van der Waals surface area contributed by atoms with E-state index in [0.717, 1.165) is 12.0 Å². The van der Waals surface area contributed by atoms with E-state index < -0.39 is 0 Å². The third kappa shape index (κ3) is 3.26. The van der Waals surface area contributed by atoms with Crippen molar-refractivity contribution in [1.29, 1.82) is 0 Å². The van der Waals surface area contributed by atoms with E-state index in [2.05, 4.69) is 35.3 Å². The van der Waals surface area contributed by atoms with Crippen molar-refractivity contribution < 1.29 is 0 Å². The van der Waals surface area contributed by atoms with Crippen LogP contribution in [0.2, 0.25) is 0 Å². The summed E-state index contributed by atoms with van der Waals surface area (Å²) in [4.78, 5) is 20.2. The Morgan fingerprint density at radius 3 is 2.90 bits per heavy atom. The first-order valence-corrected chi connectivity index (χ1v) is 6.30. The van der Waals surface area contributed by atoms with Crippen molar-refractivity contribution in [3.63, 3.8) is 0 Å². The molecule has 0 aromatic carbocycles. The quantitative estimate of drug-likeness (QED) is 0.675. The number of nitrogens with zero attached hydrogens (tertiary/aromatic N) is 7. The van der Waals surface area contributed by atoms with Crippen LogP contribution in [-0.4, -0.2) is 41.2 Å². The molecule has 0 amide bonds. The summed E-state index contributed by atoms with van der Waals surface area (Å²) in [6.07, 6.45) is 7.26. The van der Waals surface area contributed by atoms with Gasteiger partial charge in [0, 0.05) is 18.9 Å². The molecule has 0 aliphatic carbocycles. The average Bonchev–Trinajstić information content (AvgIpc) is 3.02. The summed E-state index contributed by atoms with van der Waals surface area (Å²) < 4.78 is 1.42. The van der Waals surface area contributed by atoms with E-state index in [1.807, 2.05) is 18.3 Å². The van der Waals surface area contributed by atoms with Crippen LogP contribution in [0.5, 0.6) is 0 Å². The van der Waals surface area contributed by atoms with E-state index in [1.165, 1.54) is 17.3 Å². The number of nitrogen functional groups attached to an aromatic ring is 1. The molecule has 0 saturated heterocycles. The fourth-order valence-electron chi connectivity index (χ4n) is 1.74. The Kier molecular flexibility index (Phi) is 3.63. The maximum atomic E-state index is 5.67. The van der Waals surface area contributed by atoms with E-state index in [0.29, 0.717) is 18.4 Å². The topological polar surface area (TPSA) is 120 Å². The number of nitrogens with one attached hydrogen (secondary N) is 1. The Balaban J connectivity index is 1.68. The van der Waals surface area contributed by atoms with E-state index >= 15 is 0 Å². The van der Waals surface area contributed by atoms with E-state index in [9.17, 15) is 0 Å². The van der Waals surface area contributed by atoms with Gasteiger partial charge in [-0.3, -0.25) is 4.98 Å². The van der Waals surface area contributed by atoms with Gasteiger partial charge >= 0.3 is 0 Å². The summed E-state index contributed by atoms with van der Waals surface area (Å²) in [6.45, 7) is 0.659. The van der Waals surface area contributed by atoms with Crippen LogP contribution in [-0.2, 0) is 6.42 Å². The molecule has 0 fully saturated rings. The highest BCUT2D eigenvalue weighted by Crippen LogP contribution is 2.06. The summed E-state index contributed by atoms with van der Waals surface area (Å²) in [5.41, 5.74) is 6.80. The van der Waals surface area contributed by atoms with Gasteiger partial charge in [-0.05, 0) is 18.1 Å². The number of nitrogens with two attached hydrogens (primary N) is 1. The van der Waals surface area contributed by atoms with E-state index in [-0.39, 0.29) is 5.95 Å². The Labute approximate surface area is 120 Å². The molecule has 21 heavy (non-hydrogen) atoms. The van der Waals surface area contributed by atoms with Crippen molar-refractivity contribution in [3.05, 3.63) is 42.7 Å². The molecular formula is C12H13N9. The van der Waals surface area contributed by atoms with Crippen molar-refractivity contribution in [1.82, 2.24) is 34.7 Å². The minimum Gasteiger partial charge on any atom is -0.368 e. The molecule has 0 aliphatic heterocycles. The summed E-state index contributed by atoms with van der Waals surface area (Å²) in [7, 11) is 0. The van der Waals surface area contributed by atoms with Gasteiger partial charge in [-0.2, -0.15) is 24.7 Å². The molecule has 0 spiro atoms. The number of rotatable bonds is 5. The zero-order valence-corrected chi connectivity index (χ0v) is 11.1. The molecule has 0 atom stereocenters. The molecule has 9 nitrogen and oxygen atoms in total. The van der Waals surface area contributed by atoms with Gasteiger partial charge < -0.3 is 11.1 Å². The average molecular weight is 283 g/mol. The number of anilines is 2. The summed E-state index contributed by atoms with van der Waals surface area (Å²) >= 11 is 0. The van der Waals surface area contributed by atoms with Crippen LogP contribution in [0.4, 0.5) is 11.9 Å². The van der Waals surface area contributed by atoms with Crippen LogP contribution in [0.15, 0.2) is 37.2 Å². The monoisotopic (exact) mass is 283 g/mol. The lowest BCUT2D eigenvalue weighted by molar-refractivity contribution is 0.796. The minimum atomic E-state index is 0.124. The summed E-state index contributed by atoms with van der Waals surface area (Å²) in [5.74, 6) is 0.847. The molecule has 106 valence electrons. The number of hydrogen-bond acceptors (Lipinski definition) is 8. The minimum absolute atomic E-state index is 0.124. The van der Waals surface area contributed by atoms with Crippen LogP contribution in [0.3, 0.4) is 0 Å². The fourth-order valence-corrected chi connectivity index (χ4v) is 1.74. The van der Waals surface area contributed by atoms with Gasteiger partial charge in [-0.1, -0.05) is 6.07 Å². The van der Waals surface area contributed by atoms with Gasteiger partial charge in [0.1, 0.15) is 12.7 Å². The fraction of sp³-hybridized carbons (Fsp3) is 0.167. The highest BCUT2D eigenvalue weighted by molar-refractivity contribution is 5.34. The predicted molar refractivity (Wildman–Crippen MR) is 75.6 cm³/mol. The second-order valence-electron chi connectivity index (χ2n) is 4.20. The molecule has 0 radical (unpaired) electrons. The highest BCUT2D eigenvalue weighted by Gasteiger charge is 2.06. The van der Waals surface area contributed by atoms with Crippen molar-refractivity contribution in [2.75, 3.05) is 17.6 Å². The third-order valence-corrected chi connectivity index (χ3v) is 2.68. The molecule has 0 aliphatic rings. The predicted octanol–water partition coefficient (Wildman–Crippen LogP) is 0.0841. The highest BCUT2D eigenvalue weighted by atomic mass is 15.4. The molecule has 3 heterocycles. The SMILES string of the molecule is Nc1nc(NCCc2cccnc2)nc(-n2cncn2)n1. The summed E-state index contributed by atoms with van der Waals surface area (Å²) in [5, 5.41) is 7.06. The Morgan fingerprint density at radius 1 is 1.19 bits per heavy atom. The standard InChI is InChI=1S/C12H13N9/c13-10-18-11(16-5-3-9-2-1-4-14-6-9)20-12(19-10)21-8-15-7-17-21/h1-2,4,6-8H,3,5H2,(H3,13,16,18,19,20). The van der Waals surface area contributed by atoms with Gasteiger partial charge in [-0.15, -0.1) is 0 Å². The molecular weight excluding hydrogens is 270 g/mol. The molecule has 0 saturated carbocycles. The third-order valence-electron chi connectivity index (χ3n) is 2.68. The zero-order chi connectivity index (χ0) is 14.5. The van der Waals surface area contributed by atoms with Gasteiger partial charge in [0.15, 0.2) is 0 Å². The van der Waals surface area contributed by atoms with Crippen molar-refractivity contribution in [3.8, 4) is 5.95 Å². The molecule has 0 bridgehead atoms. The van der Waals surface area contributed by atoms with Crippen molar-refractivity contribution in [2.45, 2.75) is 6.42 Å². The van der Waals surface area contributed by atoms with Gasteiger partial charge in [0.25, 0.3) is 5.95 Å². The number of pyridine rings is 1. The number of hydrogen-bond donors (Lipinski definition) is 2. The second-order valence-corrected chi connectivity index (χ2v) is 4.20. The zero-order valence-electron chi connectivity index (χ0n) is 11.1. The molecule has 3 N–H and O–H groups in total. The van der Waals surface area contributed by atoms with Crippen LogP contribution >= 0.6 is 0 Å². The number of aromatic nitrogens is 7. The van der Waals surface area contributed by atoms with Crippen molar-refractivity contribution in [2.24, 2.45) is 0 Å². The molecule has 3 rings (SSSR count). The smallest absolute Gasteiger partial charge is 0.258 e. The first-order chi connectivity index (χ1) is 10.3. The van der Waals surface area contributed by atoms with Gasteiger partial charge in [-0.25, -0.2) is 4.98 Å².